The summed E-state index contributed by atoms with van der Waals surface area (Å²) in [5.41, 5.74) is 2.51. The Kier molecular flexibility index (Phi) is 2.00. The van der Waals surface area contributed by atoms with Crippen molar-refractivity contribution in [1.82, 2.24) is 0 Å². The standard InChI is InChI=1S/C11H12OS/c1-7-4-5-9-10(11(7)12-3)8(2)6-13-9/h4-6H,1-3H3. The molecule has 0 unspecified atom stereocenters. The lowest BCUT2D eigenvalue weighted by atomic mass is 10.1. The van der Waals surface area contributed by atoms with Gasteiger partial charge in [-0.25, -0.2) is 0 Å². The smallest absolute Gasteiger partial charge is 0.130 e. The third-order valence-corrected chi connectivity index (χ3v) is 3.34. The molecule has 0 aliphatic heterocycles. The molecule has 0 bridgehead atoms. The predicted octanol–water partition coefficient (Wildman–Crippen LogP) is 3.53. The predicted molar refractivity (Wildman–Crippen MR) is 57.9 cm³/mol. The van der Waals surface area contributed by atoms with Crippen molar-refractivity contribution in [1.29, 1.82) is 0 Å². The van der Waals surface area contributed by atoms with Crippen LogP contribution in [-0.2, 0) is 0 Å². The van der Waals surface area contributed by atoms with Crippen LogP contribution in [0.5, 0.6) is 5.75 Å². The molecule has 1 heterocycles. The Morgan fingerprint density at radius 2 is 1.92 bits per heavy atom. The number of methoxy groups -OCH3 is 1. The van der Waals surface area contributed by atoms with Gasteiger partial charge in [0.1, 0.15) is 5.75 Å². The van der Waals surface area contributed by atoms with Crippen LogP contribution in [0.4, 0.5) is 0 Å². The average Bonchev–Trinajstić information content (AvgIpc) is 2.49. The Morgan fingerprint density at radius 3 is 2.62 bits per heavy atom. The summed E-state index contributed by atoms with van der Waals surface area (Å²) in [6.45, 7) is 4.20. The number of benzene rings is 1. The molecule has 2 aromatic rings. The van der Waals surface area contributed by atoms with Crippen molar-refractivity contribution < 1.29 is 4.74 Å². The second-order valence-electron chi connectivity index (χ2n) is 3.21. The molecule has 2 rings (SSSR count). The minimum atomic E-state index is 1.02. The van der Waals surface area contributed by atoms with Gasteiger partial charge in [-0.1, -0.05) is 6.07 Å². The second-order valence-corrected chi connectivity index (χ2v) is 4.12. The van der Waals surface area contributed by atoms with Gasteiger partial charge in [0.25, 0.3) is 0 Å². The van der Waals surface area contributed by atoms with Crippen LogP contribution in [0.3, 0.4) is 0 Å². The number of fused-ring (bicyclic) bond motifs is 1. The van der Waals surface area contributed by atoms with Crippen molar-refractivity contribution in [3.8, 4) is 5.75 Å². The lowest BCUT2D eigenvalue weighted by molar-refractivity contribution is 0.417. The van der Waals surface area contributed by atoms with Crippen LogP contribution < -0.4 is 4.74 Å². The highest BCUT2D eigenvalue weighted by molar-refractivity contribution is 7.17. The van der Waals surface area contributed by atoms with E-state index in [1.807, 2.05) is 0 Å². The van der Waals surface area contributed by atoms with Crippen molar-refractivity contribution in [3.05, 3.63) is 28.6 Å². The Morgan fingerprint density at radius 1 is 1.15 bits per heavy atom. The first-order valence-electron chi connectivity index (χ1n) is 4.25. The molecule has 68 valence electrons. The first-order valence-corrected chi connectivity index (χ1v) is 5.13. The normalized spacial score (nSPS) is 10.7. The molecule has 0 fully saturated rings. The first-order chi connectivity index (χ1) is 6.24. The fourth-order valence-corrected chi connectivity index (χ4v) is 2.55. The van der Waals surface area contributed by atoms with Crippen LogP contribution in [0.1, 0.15) is 11.1 Å². The number of hydrogen-bond donors (Lipinski definition) is 0. The van der Waals surface area contributed by atoms with Crippen LogP contribution in [-0.4, -0.2) is 7.11 Å². The van der Waals surface area contributed by atoms with Gasteiger partial charge in [-0.15, -0.1) is 11.3 Å². The highest BCUT2D eigenvalue weighted by atomic mass is 32.1. The summed E-state index contributed by atoms with van der Waals surface area (Å²) in [5.74, 6) is 1.02. The van der Waals surface area contributed by atoms with E-state index in [2.05, 4.69) is 31.4 Å². The molecule has 1 aromatic heterocycles. The number of hydrogen-bond acceptors (Lipinski definition) is 2. The van der Waals surface area contributed by atoms with E-state index >= 15 is 0 Å². The Labute approximate surface area is 82.0 Å². The SMILES string of the molecule is COc1c(C)ccc2scc(C)c12. The van der Waals surface area contributed by atoms with Crippen LogP contribution in [0, 0.1) is 13.8 Å². The van der Waals surface area contributed by atoms with Gasteiger partial charge in [0.2, 0.25) is 0 Å². The van der Waals surface area contributed by atoms with Gasteiger partial charge in [0.05, 0.1) is 7.11 Å². The van der Waals surface area contributed by atoms with Gasteiger partial charge in [-0.2, -0.15) is 0 Å². The zero-order valence-corrected chi connectivity index (χ0v) is 8.87. The summed E-state index contributed by atoms with van der Waals surface area (Å²) in [6, 6.07) is 4.27. The maximum absolute atomic E-state index is 5.40. The van der Waals surface area contributed by atoms with Crippen molar-refractivity contribution in [2.24, 2.45) is 0 Å². The maximum Gasteiger partial charge on any atom is 0.130 e. The fraction of sp³-hybridized carbons (Fsp3) is 0.273. The highest BCUT2D eigenvalue weighted by Crippen LogP contribution is 2.35. The molecule has 0 aliphatic carbocycles. The van der Waals surface area contributed by atoms with Crippen molar-refractivity contribution in [3.63, 3.8) is 0 Å². The van der Waals surface area contributed by atoms with Crippen LogP contribution in [0.25, 0.3) is 10.1 Å². The molecule has 0 radical (unpaired) electrons. The molecular weight excluding hydrogens is 180 g/mol. The van der Waals surface area contributed by atoms with Crippen LogP contribution in [0.2, 0.25) is 0 Å². The molecule has 0 N–H and O–H groups in total. The largest absolute Gasteiger partial charge is 0.496 e. The molecule has 0 saturated carbocycles. The van der Waals surface area contributed by atoms with E-state index in [4.69, 9.17) is 4.74 Å². The van der Waals surface area contributed by atoms with Gasteiger partial charge in [0.15, 0.2) is 0 Å². The maximum atomic E-state index is 5.40. The molecule has 0 aliphatic rings. The molecule has 1 aromatic carbocycles. The minimum absolute atomic E-state index is 1.02. The molecule has 1 nitrogen and oxygen atoms in total. The summed E-state index contributed by atoms with van der Waals surface area (Å²) in [5, 5.41) is 3.44. The topological polar surface area (TPSA) is 9.23 Å². The summed E-state index contributed by atoms with van der Waals surface area (Å²) >= 11 is 1.77. The number of aryl methyl sites for hydroxylation is 2. The van der Waals surface area contributed by atoms with Gasteiger partial charge in [0, 0.05) is 10.1 Å². The monoisotopic (exact) mass is 192 g/mol. The molecule has 2 heteroatoms. The number of thiophene rings is 1. The lowest BCUT2D eigenvalue weighted by Gasteiger charge is -2.06. The van der Waals surface area contributed by atoms with E-state index in [0.29, 0.717) is 0 Å². The third kappa shape index (κ3) is 1.22. The van der Waals surface area contributed by atoms with E-state index in [1.165, 1.54) is 21.2 Å². The molecule has 0 saturated heterocycles. The van der Waals surface area contributed by atoms with E-state index in [-0.39, 0.29) is 0 Å². The molecule has 0 amide bonds. The summed E-state index contributed by atoms with van der Waals surface area (Å²) in [7, 11) is 1.74. The second kappa shape index (κ2) is 3.04. The van der Waals surface area contributed by atoms with Gasteiger partial charge < -0.3 is 4.74 Å². The zero-order chi connectivity index (χ0) is 9.42. The van der Waals surface area contributed by atoms with Gasteiger partial charge in [-0.3, -0.25) is 0 Å². The van der Waals surface area contributed by atoms with Crippen molar-refractivity contribution >= 4 is 21.4 Å². The summed E-state index contributed by atoms with van der Waals surface area (Å²) < 4.78 is 6.71. The van der Waals surface area contributed by atoms with E-state index in [1.54, 1.807) is 18.4 Å². The van der Waals surface area contributed by atoms with Crippen LogP contribution in [0.15, 0.2) is 17.5 Å². The Hall–Kier alpha value is -1.02. The third-order valence-electron chi connectivity index (χ3n) is 2.28. The van der Waals surface area contributed by atoms with Crippen molar-refractivity contribution in [2.75, 3.05) is 7.11 Å². The Balaban J connectivity index is 2.88. The first kappa shape index (κ1) is 8.57. The quantitative estimate of drug-likeness (QED) is 0.671. The Bertz CT molecular complexity index is 443. The molecular formula is C11H12OS. The molecule has 0 atom stereocenters. The van der Waals surface area contributed by atoms with Crippen molar-refractivity contribution in [2.45, 2.75) is 13.8 Å². The van der Waals surface area contributed by atoms with E-state index < -0.39 is 0 Å². The number of ether oxygens (including phenoxy) is 1. The zero-order valence-electron chi connectivity index (χ0n) is 8.05. The van der Waals surface area contributed by atoms with Gasteiger partial charge in [-0.05, 0) is 36.4 Å². The number of rotatable bonds is 1. The van der Waals surface area contributed by atoms with E-state index in [0.717, 1.165) is 5.75 Å². The van der Waals surface area contributed by atoms with Crippen LogP contribution >= 0.6 is 11.3 Å². The average molecular weight is 192 g/mol. The fourth-order valence-electron chi connectivity index (χ4n) is 1.61. The van der Waals surface area contributed by atoms with E-state index in [9.17, 15) is 0 Å². The lowest BCUT2D eigenvalue weighted by Crippen LogP contribution is -1.87. The highest BCUT2D eigenvalue weighted by Gasteiger charge is 2.08. The minimum Gasteiger partial charge on any atom is -0.496 e. The molecule has 13 heavy (non-hydrogen) atoms. The van der Waals surface area contributed by atoms with Gasteiger partial charge >= 0.3 is 0 Å². The molecule has 0 spiro atoms. The summed E-state index contributed by atoms with van der Waals surface area (Å²) in [6.07, 6.45) is 0. The summed E-state index contributed by atoms with van der Waals surface area (Å²) in [4.78, 5) is 0.